The summed E-state index contributed by atoms with van der Waals surface area (Å²) < 4.78 is 27.2. The first-order chi connectivity index (χ1) is 8.47. The van der Waals surface area contributed by atoms with Crippen molar-refractivity contribution in [2.45, 2.75) is 4.90 Å². The molecule has 0 bridgehead atoms. The molecule has 0 saturated carbocycles. The molecule has 4 nitrogen and oxygen atoms in total. The van der Waals surface area contributed by atoms with Crippen molar-refractivity contribution >= 4 is 43.4 Å². The Balaban J connectivity index is 2.30. The topological polar surface area (TPSA) is 59.1 Å². The average molecular weight is 348 g/mol. The van der Waals surface area contributed by atoms with E-state index in [0.717, 1.165) is 4.47 Å². The Labute approximate surface area is 118 Å². The molecule has 0 amide bonds. The number of sulfonamides is 1. The van der Waals surface area contributed by atoms with Gasteiger partial charge in [-0.2, -0.15) is 0 Å². The van der Waals surface area contributed by atoms with Gasteiger partial charge in [0, 0.05) is 15.7 Å². The van der Waals surface area contributed by atoms with Crippen LogP contribution in [0, 0.1) is 0 Å². The molecule has 0 aliphatic carbocycles. The largest absolute Gasteiger partial charge is 0.263 e. The zero-order valence-corrected chi connectivity index (χ0v) is 12.1. The molecule has 0 unspecified atom stereocenters. The molecule has 1 heterocycles. The predicted octanol–water partition coefficient (Wildman–Crippen LogP) is 3.30. The van der Waals surface area contributed by atoms with Gasteiger partial charge in [0.1, 0.15) is 5.82 Å². The van der Waals surface area contributed by atoms with Gasteiger partial charge in [0.15, 0.2) is 0 Å². The molecule has 0 radical (unpaired) electrons. The Bertz CT molecular complexity index is 659. The first-order valence-electron chi connectivity index (χ1n) is 4.87. The lowest BCUT2D eigenvalue weighted by Crippen LogP contribution is -2.13. The summed E-state index contributed by atoms with van der Waals surface area (Å²) in [6, 6.07) is 9.29. The Kier molecular flexibility index (Phi) is 3.89. The van der Waals surface area contributed by atoms with Crippen LogP contribution in [0.2, 0.25) is 5.02 Å². The van der Waals surface area contributed by atoms with Gasteiger partial charge in [0.2, 0.25) is 0 Å². The van der Waals surface area contributed by atoms with Crippen LogP contribution in [-0.2, 0) is 10.0 Å². The van der Waals surface area contributed by atoms with Gasteiger partial charge in [-0.1, -0.05) is 17.7 Å². The number of rotatable bonds is 3. The lowest BCUT2D eigenvalue weighted by atomic mass is 10.4. The van der Waals surface area contributed by atoms with E-state index in [2.05, 4.69) is 25.6 Å². The van der Waals surface area contributed by atoms with Crippen LogP contribution in [0.25, 0.3) is 0 Å². The molecular weight excluding hydrogens is 340 g/mol. The van der Waals surface area contributed by atoms with Crippen molar-refractivity contribution in [2.75, 3.05) is 4.72 Å². The third kappa shape index (κ3) is 3.22. The number of nitrogens with one attached hydrogen (secondary N) is 1. The van der Waals surface area contributed by atoms with E-state index in [1.807, 2.05) is 0 Å². The first-order valence-corrected chi connectivity index (χ1v) is 7.53. The SMILES string of the molecule is O=S(=O)(Nc1ccc(Br)cn1)c1cccc(Cl)c1. The summed E-state index contributed by atoms with van der Waals surface area (Å²) in [7, 11) is -3.66. The molecule has 1 aromatic carbocycles. The quantitative estimate of drug-likeness (QED) is 0.927. The molecule has 1 N–H and O–H groups in total. The molecule has 2 aromatic rings. The average Bonchev–Trinajstić information content (AvgIpc) is 2.32. The van der Waals surface area contributed by atoms with Crippen LogP contribution in [0.3, 0.4) is 0 Å². The van der Waals surface area contributed by atoms with Gasteiger partial charge >= 0.3 is 0 Å². The molecule has 94 valence electrons. The summed E-state index contributed by atoms with van der Waals surface area (Å²) in [5, 5.41) is 0.363. The third-order valence-electron chi connectivity index (χ3n) is 2.07. The highest BCUT2D eigenvalue weighted by molar-refractivity contribution is 9.10. The van der Waals surface area contributed by atoms with Crippen molar-refractivity contribution in [2.24, 2.45) is 0 Å². The van der Waals surface area contributed by atoms with Gasteiger partial charge in [-0.05, 0) is 46.3 Å². The Morgan fingerprint density at radius 1 is 1.22 bits per heavy atom. The van der Waals surface area contributed by atoms with Crippen LogP contribution < -0.4 is 4.72 Å². The summed E-state index contributed by atoms with van der Waals surface area (Å²) in [5.41, 5.74) is 0. The van der Waals surface area contributed by atoms with Gasteiger partial charge in [0.05, 0.1) is 4.90 Å². The minimum Gasteiger partial charge on any atom is -0.263 e. The highest BCUT2D eigenvalue weighted by Gasteiger charge is 2.14. The van der Waals surface area contributed by atoms with E-state index < -0.39 is 10.0 Å². The summed E-state index contributed by atoms with van der Waals surface area (Å²) >= 11 is 8.98. The molecular formula is C11H8BrClN2O2S. The lowest BCUT2D eigenvalue weighted by Gasteiger charge is -2.07. The number of aromatic nitrogens is 1. The number of hydrogen-bond donors (Lipinski definition) is 1. The van der Waals surface area contributed by atoms with Crippen molar-refractivity contribution in [1.82, 2.24) is 4.98 Å². The molecule has 0 aliphatic rings. The van der Waals surface area contributed by atoms with Crippen LogP contribution in [0.4, 0.5) is 5.82 Å². The second-order valence-corrected chi connectivity index (χ2v) is 6.46. The predicted molar refractivity (Wildman–Crippen MR) is 74.2 cm³/mol. The molecule has 0 spiro atoms. The zero-order chi connectivity index (χ0) is 13.2. The zero-order valence-electron chi connectivity index (χ0n) is 8.97. The third-order valence-corrected chi connectivity index (χ3v) is 4.13. The maximum Gasteiger partial charge on any atom is 0.263 e. The van der Waals surface area contributed by atoms with E-state index in [4.69, 9.17) is 11.6 Å². The number of hydrogen-bond acceptors (Lipinski definition) is 3. The van der Waals surface area contributed by atoms with Crippen molar-refractivity contribution in [1.29, 1.82) is 0 Å². The van der Waals surface area contributed by atoms with Crippen LogP contribution in [0.15, 0.2) is 52.0 Å². The van der Waals surface area contributed by atoms with Crippen LogP contribution in [0.5, 0.6) is 0 Å². The van der Waals surface area contributed by atoms with Crippen molar-refractivity contribution in [3.05, 3.63) is 52.1 Å². The smallest absolute Gasteiger partial charge is 0.263 e. The van der Waals surface area contributed by atoms with Gasteiger partial charge in [0.25, 0.3) is 10.0 Å². The van der Waals surface area contributed by atoms with Gasteiger partial charge in [-0.3, -0.25) is 4.72 Å². The number of pyridine rings is 1. The number of halogens is 2. The van der Waals surface area contributed by atoms with Crippen molar-refractivity contribution in [3.63, 3.8) is 0 Å². The highest BCUT2D eigenvalue weighted by atomic mass is 79.9. The van der Waals surface area contributed by atoms with Crippen molar-refractivity contribution < 1.29 is 8.42 Å². The number of anilines is 1. The van der Waals surface area contributed by atoms with Crippen LogP contribution in [0.1, 0.15) is 0 Å². The maximum absolute atomic E-state index is 12.0. The van der Waals surface area contributed by atoms with Gasteiger partial charge in [-0.25, -0.2) is 13.4 Å². The maximum atomic E-state index is 12.0. The van der Waals surface area contributed by atoms with E-state index in [0.29, 0.717) is 5.02 Å². The first kappa shape index (κ1) is 13.3. The Morgan fingerprint density at radius 3 is 2.61 bits per heavy atom. The van der Waals surface area contributed by atoms with E-state index in [9.17, 15) is 8.42 Å². The summed E-state index contributed by atoms with van der Waals surface area (Å²) in [4.78, 5) is 4.04. The Hall–Kier alpha value is -1.11. The highest BCUT2D eigenvalue weighted by Crippen LogP contribution is 2.19. The minimum absolute atomic E-state index is 0.0970. The minimum atomic E-state index is -3.66. The van der Waals surface area contributed by atoms with Crippen molar-refractivity contribution in [3.8, 4) is 0 Å². The fraction of sp³-hybridized carbons (Fsp3) is 0. The second kappa shape index (κ2) is 5.26. The number of nitrogens with zero attached hydrogens (tertiary/aromatic N) is 1. The van der Waals surface area contributed by atoms with E-state index >= 15 is 0 Å². The summed E-state index contributed by atoms with van der Waals surface area (Å²) in [5.74, 6) is 0.248. The fourth-order valence-corrected chi connectivity index (χ4v) is 2.81. The van der Waals surface area contributed by atoms with Gasteiger partial charge in [-0.15, -0.1) is 0 Å². The van der Waals surface area contributed by atoms with E-state index in [1.165, 1.54) is 18.3 Å². The lowest BCUT2D eigenvalue weighted by molar-refractivity contribution is 0.601. The Morgan fingerprint density at radius 2 is 2.00 bits per heavy atom. The molecule has 0 aliphatic heterocycles. The standard InChI is InChI=1S/C11H8BrClN2O2S/c12-8-4-5-11(14-7-8)15-18(16,17)10-3-1-2-9(13)6-10/h1-7H,(H,14,15). The summed E-state index contributed by atoms with van der Waals surface area (Å²) in [6.07, 6.45) is 1.51. The fourth-order valence-electron chi connectivity index (χ4n) is 1.27. The van der Waals surface area contributed by atoms with Gasteiger partial charge < -0.3 is 0 Å². The van der Waals surface area contributed by atoms with E-state index in [-0.39, 0.29) is 10.7 Å². The normalized spacial score (nSPS) is 11.2. The molecule has 7 heteroatoms. The molecule has 2 rings (SSSR count). The van der Waals surface area contributed by atoms with E-state index in [1.54, 1.807) is 24.3 Å². The molecule has 1 aromatic heterocycles. The number of benzene rings is 1. The monoisotopic (exact) mass is 346 g/mol. The molecule has 0 atom stereocenters. The second-order valence-electron chi connectivity index (χ2n) is 3.42. The summed E-state index contributed by atoms with van der Waals surface area (Å²) in [6.45, 7) is 0. The van der Waals surface area contributed by atoms with Crippen LogP contribution in [-0.4, -0.2) is 13.4 Å². The molecule has 0 fully saturated rings. The molecule has 18 heavy (non-hydrogen) atoms. The molecule has 0 saturated heterocycles. The van der Waals surface area contributed by atoms with Crippen LogP contribution >= 0.6 is 27.5 Å².